The zero-order valence-corrected chi connectivity index (χ0v) is 13.3. The van der Waals surface area contributed by atoms with Gasteiger partial charge in [0.2, 0.25) is 5.91 Å². The van der Waals surface area contributed by atoms with E-state index >= 15 is 0 Å². The highest BCUT2D eigenvalue weighted by atomic mass is 16.2. The Morgan fingerprint density at radius 3 is 2.43 bits per heavy atom. The minimum Gasteiger partial charge on any atom is -0.349 e. The van der Waals surface area contributed by atoms with Crippen LogP contribution in [0.4, 0.5) is 0 Å². The van der Waals surface area contributed by atoms with Gasteiger partial charge in [0.1, 0.15) is 0 Å². The zero-order valence-electron chi connectivity index (χ0n) is 13.3. The fraction of sp³-hybridized carbons (Fsp3) is 0.611. The van der Waals surface area contributed by atoms with Gasteiger partial charge in [-0.05, 0) is 37.8 Å². The summed E-state index contributed by atoms with van der Waals surface area (Å²) in [5, 5.41) is 3.21. The molecule has 3 nitrogen and oxygen atoms in total. The van der Waals surface area contributed by atoms with Crippen LogP contribution in [0.5, 0.6) is 0 Å². The first-order valence-corrected chi connectivity index (χ1v) is 8.16. The molecule has 21 heavy (non-hydrogen) atoms. The Morgan fingerprint density at radius 1 is 1.24 bits per heavy atom. The summed E-state index contributed by atoms with van der Waals surface area (Å²) in [6.45, 7) is 4.60. The van der Waals surface area contributed by atoms with Crippen LogP contribution in [0.25, 0.3) is 0 Å². The first kappa shape index (κ1) is 16.0. The molecule has 0 aliphatic heterocycles. The molecule has 116 valence electrons. The molecule has 0 spiro atoms. The molecule has 3 N–H and O–H groups in total. The van der Waals surface area contributed by atoms with Gasteiger partial charge in [-0.3, -0.25) is 4.79 Å². The van der Waals surface area contributed by atoms with E-state index in [1.807, 2.05) is 12.1 Å². The highest BCUT2D eigenvalue weighted by molar-refractivity contribution is 5.83. The molecule has 1 unspecified atom stereocenters. The lowest BCUT2D eigenvalue weighted by Gasteiger charge is -2.31. The Hall–Kier alpha value is -1.35. The quantitative estimate of drug-likeness (QED) is 0.833. The average Bonchev–Trinajstić information content (AvgIpc) is 2.74. The van der Waals surface area contributed by atoms with Crippen molar-refractivity contribution in [2.45, 2.75) is 58.4 Å². The van der Waals surface area contributed by atoms with E-state index in [1.54, 1.807) is 0 Å². The minimum atomic E-state index is -0.354. The van der Waals surface area contributed by atoms with Gasteiger partial charge in [0.25, 0.3) is 0 Å². The maximum atomic E-state index is 12.8. The van der Waals surface area contributed by atoms with Crippen molar-refractivity contribution >= 4 is 5.91 Å². The molecule has 2 rings (SSSR count). The summed E-state index contributed by atoms with van der Waals surface area (Å²) in [5.74, 6) is 0.141. The number of rotatable bonds is 4. The van der Waals surface area contributed by atoms with E-state index in [1.165, 1.54) is 24.0 Å². The normalized spacial score (nSPS) is 19.6. The van der Waals surface area contributed by atoms with Crippen molar-refractivity contribution in [1.82, 2.24) is 5.32 Å². The van der Waals surface area contributed by atoms with E-state index in [4.69, 9.17) is 5.73 Å². The SMILES string of the molecule is Cc1ccccc1C(C)NC(=O)C1(CN)CCCCCC1. The minimum absolute atomic E-state index is 0.0328. The monoisotopic (exact) mass is 288 g/mol. The van der Waals surface area contributed by atoms with Crippen molar-refractivity contribution in [3.05, 3.63) is 35.4 Å². The number of nitrogens with one attached hydrogen (secondary N) is 1. The number of hydrogen-bond acceptors (Lipinski definition) is 2. The predicted molar refractivity (Wildman–Crippen MR) is 86.9 cm³/mol. The smallest absolute Gasteiger partial charge is 0.227 e. The van der Waals surface area contributed by atoms with Crippen molar-refractivity contribution in [1.29, 1.82) is 0 Å². The summed E-state index contributed by atoms with van der Waals surface area (Å²) in [6, 6.07) is 8.26. The summed E-state index contributed by atoms with van der Waals surface area (Å²) in [5.41, 5.74) is 8.04. The van der Waals surface area contributed by atoms with Crippen LogP contribution in [0.1, 0.15) is 62.6 Å². The summed E-state index contributed by atoms with van der Waals surface area (Å²) in [6.07, 6.45) is 6.53. The second-order valence-corrected chi connectivity index (χ2v) is 6.45. The number of carbonyl (C=O) groups is 1. The van der Waals surface area contributed by atoms with Gasteiger partial charge in [-0.1, -0.05) is 49.9 Å². The molecular weight excluding hydrogens is 260 g/mol. The summed E-state index contributed by atoms with van der Waals surface area (Å²) < 4.78 is 0. The van der Waals surface area contributed by atoms with Gasteiger partial charge in [-0.15, -0.1) is 0 Å². The van der Waals surface area contributed by atoms with Crippen molar-refractivity contribution in [3.8, 4) is 0 Å². The second-order valence-electron chi connectivity index (χ2n) is 6.45. The maximum absolute atomic E-state index is 12.8. The Labute approximate surface area is 128 Å². The molecule has 1 fully saturated rings. The number of carbonyl (C=O) groups excluding carboxylic acids is 1. The number of nitrogens with two attached hydrogens (primary N) is 1. The van der Waals surface area contributed by atoms with E-state index in [9.17, 15) is 4.79 Å². The van der Waals surface area contributed by atoms with Crippen LogP contribution < -0.4 is 11.1 Å². The van der Waals surface area contributed by atoms with E-state index in [0.717, 1.165) is 25.7 Å². The van der Waals surface area contributed by atoms with Crippen molar-refractivity contribution in [3.63, 3.8) is 0 Å². The molecule has 1 saturated carbocycles. The number of aryl methyl sites for hydroxylation is 1. The highest BCUT2D eigenvalue weighted by Gasteiger charge is 2.37. The zero-order chi connectivity index (χ0) is 15.3. The average molecular weight is 288 g/mol. The molecule has 1 amide bonds. The standard InChI is InChI=1S/C18H28N2O/c1-14-9-5-6-10-16(14)15(2)20-17(21)18(13-19)11-7-3-4-8-12-18/h5-6,9-10,15H,3-4,7-8,11-13,19H2,1-2H3,(H,20,21). The van der Waals surface area contributed by atoms with Crippen molar-refractivity contribution < 1.29 is 4.79 Å². The Morgan fingerprint density at radius 2 is 1.86 bits per heavy atom. The Bertz CT molecular complexity index is 476. The summed E-state index contributed by atoms with van der Waals surface area (Å²) in [7, 11) is 0. The van der Waals surface area contributed by atoms with E-state index in [2.05, 4.69) is 31.3 Å². The third kappa shape index (κ3) is 3.65. The van der Waals surface area contributed by atoms with E-state index < -0.39 is 0 Å². The van der Waals surface area contributed by atoms with Gasteiger partial charge in [0.15, 0.2) is 0 Å². The van der Waals surface area contributed by atoms with Crippen LogP contribution in [0.3, 0.4) is 0 Å². The maximum Gasteiger partial charge on any atom is 0.227 e. The van der Waals surface area contributed by atoms with Gasteiger partial charge >= 0.3 is 0 Å². The van der Waals surface area contributed by atoms with Crippen LogP contribution in [0.15, 0.2) is 24.3 Å². The van der Waals surface area contributed by atoms with Crippen LogP contribution in [-0.2, 0) is 4.79 Å². The van der Waals surface area contributed by atoms with Gasteiger partial charge in [-0.2, -0.15) is 0 Å². The third-order valence-electron chi connectivity index (χ3n) is 4.94. The first-order chi connectivity index (χ1) is 10.1. The van der Waals surface area contributed by atoms with E-state index in [0.29, 0.717) is 6.54 Å². The first-order valence-electron chi connectivity index (χ1n) is 8.16. The molecule has 1 aliphatic carbocycles. The molecular formula is C18H28N2O. The highest BCUT2D eigenvalue weighted by Crippen LogP contribution is 2.35. The largest absolute Gasteiger partial charge is 0.349 e. The van der Waals surface area contributed by atoms with Gasteiger partial charge in [0, 0.05) is 6.54 Å². The summed E-state index contributed by atoms with van der Waals surface area (Å²) >= 11 is 0. The number of benzene rings is 1. The lowest BCUT2D eigenvalue weighted by molar-refractivity contribution is -0.132. The predicted octanol–water partition coefficient (Wildman–Crippen LogP) is 3.47. The molecule has 1 aromatic rings. The molecule has 3 heteroatoms. The van der Waals surface area contributed by atoms with Crippen molar-refractivity contribution in [2.24, 2.45) is 11.1 Å². The molecule has 1 aliphatic rings. The molecule has 0 bridgehead atoms. The lowest BCUT2D eigenvalue weighted by atomic mass is 9.79. The molecule has 1 atom stereocenters. The Balaban J connectivity index is 2.10. The van der Waals surface area contributed by atoms with Gasteiger partial charge < -0.3 is 11.1 Å². The van der Waals surface area contributed by atoms with Crippen LogP contribution in [-0.4, -0.2) is 12.5 Å². The topological polar surface area (TPSA) is 55.1 Å². The fourth-order valence-electron chi connectivity index (χ4n) is 3.43. The number of amides is 1. The van der Waals surface area contributed by atoms with Crippen LogP contribution in [0.2, 0.25) is 0 Å². The van der Waals surface area contributed by atoms with Gasteiger partial charge in [-0.25, -0.2) is 0 Å². The van der Waals surface area contributed by atoms with Crippen molar-refractivity contribution in [2.75, 3.05) is 6.54 Å². The Kier molecular flexibility index (Phi) is 5.40. The fourth-order valence-corrected chi connectivity index (χ4v) is 3.43. The molecule has 0 heterocycles. The third-order valence-corrected chi connectivity index (χ3v) is 4.94. The van der Waals surface area contributed by atoms with E-state index in [-0.39, 0.29) is 17.4 Å². The molecule has 0 aromatic heterocycles. The number of hydrogen-bond donors (Lipinski definition) is 2. The molecule has 0 radical (unpaired) electrons. The second kappa shape index (κ2) is 7.08. The van der Waals surface area contributed by atoms with Crippen LogP contribution in [0, 0.1) is 12.3 Å². The summed E-state index contributed by atoms with van der Waals surface area (Å²) in [4.78, 5) is 12.8. The molecule has 0 saturated heterocycles. The van der Waals surface area contributed by atoms with Gasteiger partial charge in [0.05, 0.1) is 11.5 Å². The lowest BCUT2D eigenvalue weighted by Crippen LogP contribution is -2.46. The molecule has 1 aromatic carbocycles. The van der Waals surface area contributed by atoms with Crippen LogP contribution >= 0.6 is 0 Å².